The molecule has 20 heavy (non-hydrogen) atoms. The van der Waals surface area contributed by atoms with Gasteiger partial charge >= 0.3 is 6.09 Å². The molecule has 5 nitrogen and oxygen atoms in total. The van der Waals surface area contributed by atoms with E-state index in [1.807, 2.05) is 0 Å². The standard InChI is InChI=1S/C14H19FN2O3/c1-9(18)12-8-10(15)7-11(17-12)5-6-16-13(19)20-14(2,3)4/h7-8H,5-6H2,1-4H3,(H,16,19). The molecule has 0 fully saturated rings. The molecule has 6 heteroatoms. The molecule has 0 aliphatic rings. The lowest BCUT2D eigenvalue weighted by molar-refractivity contribution is 0.0528. The average molecular weight is 282 g/mol. The second-order valence-electron chi connectivity index (χ2n) is 5.40. The highest BCUT2D eigenvalue weighted by atomic mass is 19.1. The summed E-state index contributed by atoms with van der Waals surface area (Å²) in [5.41, 5.74) is -0.0771. The van der Waals surface area contributed by atoms with Crippen molar-refractivity contribution in [3.8, 4) is 0 Å². The van der Waals surface area contributed by atoms with Gasteiger partial charge in [-0.05, 0) is 26.8 Å². The lowest BCUT2D eigenvalue weighted by atomic mass is 10.2. The van der Waals surface area contributed by atoms with Crippen LogP contribution in [0.5, 0.6) is 0 Å². The van der Waals surface area contributed by atoms with E-state index >= 15 is 0 Å². The Labute approximate surface area is 117 Å². The van der Waals surface area contributed by atoms with Gasteiger partial charge in [-0.3, -0.25) is 4.79 Å². The van der Waals surface area contributed by atoms with E-state index in [4.69, 9.17) is 4.74 Å². The summed E-state index contributed by atoms with van der Waals surface area (Å²) in [6.07, 6.45) is -0.224. The Balaban J connectivity index is 2.54. The van der Waals surface area contributed by atoms with Crippen LogP contribution in [0.2, 0.25) is 0 Å². The molecule has 0 radical (unpaired) electrons. The number of ether oxygens (including phenoxy) is 1. The lowest BCUT2D eigenvalue weighted by Crippen LogP contribution is -2.33. The first-order chi connectivity index (χ1) is 9.17. The summed E-state index contributed by atoms with van der Waals surface area (Å²) in [5.74, 6) is -0.816. The number of halogens is 1. The molecule has 1 N–H and O–H groups in total. The second-order valence-corrected chi connectivity index (χ2v) is 5.40. The molecule has 0 aromatic carbocycles. The minimum atomic E-state index is -0.566. The van der Waals surface area contributed by atoms with E-state index in [0.29, 0.717) is 12.1 Å². The van der Waals surface area contributed by atoms with Crippen molar-refractivity contribution in [3.63, 3.8) is 0 Å². The van der Waals surface area contributed by atoms with Crippen LogP contribution in [-0.4, -0.2) is 29.0 Å². The van der Waals surface area contributed by atoms with Crippen LogP contribution in [-0.2, 0) is 11.2 Å². The molecule has 1 amide bonds. The molecule has 0 aliphatic heterocycles. The molecule has 0 saturated heterocycles. The molecule has 1 aromatic heterocycles. The maximum Gasteiger partial charge on any atom is 0.407 e. The van der Waals surface area contributed by atoms with Gasteiger partial charge in [-0.1, -0.05) is 0 Å². The number of nitrogens with one attached hydrogen (secondary N) is 1. The number of carbonyl (C=O) groups is 2. The Morgan fingerprint density at radius 2 is 2.00 bits per heavy atom. The van der Waals surface area contributed by atoms with Gasteiger partial charge in [0.05, 0.1) is 0 Å². The van der Waals surface area contributed by atoms with Crippen LogP contribution >= 0.6 is 0 Å². The molecule has 1 rings (SSSR count). The third-order valence-corrected chi connectivity index (χ3v) is 2.25. The average Bonchev–Trinajstić information content (AvgIpc) is 2.25. The van der Waals surface area contributed by atoms with E-state index in [9.17, 15) is 14.0 Å². The molecule has 110 valence electrons. The van der Waals surface area contributed by atoms with Gasteiger partial charge in [0.25, 0.3) is 0 Å². The van der Waals surface area contributed by atoms with Gasteiger partial charge in [-0.25, -0.2) is 14.2 Å². The van der Waals surface area contributed by atoms with Crippen molar-refractivity contribution in [1.29, 1.82) is 0 Å². The number of pyridine rings is 1. The number of alkyl carbamates (subject to hydrolysis) is 1. The second kappa shape index (κ2) is 6.45. The summed E-state index contributed by atoms with van der Waals surface area (Å²) in [6.45, 7) is 6.87. The van der Waals surface area contributed by atoms with Crippen LogP contribution < -0.4 is 5.32 Å². The van der Waals surface area contributed by atoms with Crippen LogP contribution in [0.1, 0.15) is 43.9 Å². The van der Waals surface area contributed by atoms with Gasteiger partial charge in [0.15, 0.2) is 5.78 Å². The molecule has 1 heterocycles. The Bertz CT molecular complexity index is 510. The SMILES string of the molecule is CC(=O)c1cc(F)cc(CCNC(=O)OC(C)(C)C)n1. The summed E-state index contributed by atoms with van der Waals surface area (Å²) < 4.78 is 18.4. The summed E-state index contributed by atoms with van der Waals surface area (Å²) in [4.78, 5) is 26.6. The van der Waals surface area contributed by atoms with Crippen LogP contribution in [0, 0.1) is 5.82 Å². The van der Waals surface area contributed by atoms with E-state index in [1.165, 1.54) is 13.0 Å². The van der Waals surface area contributed by atoms with Gasteiger partial charge in [-0.15, -0.1) is 0 Å². The maximum atomic E-state index is 13.3. The van der Waals surface area contributed by atoms with Crippen LogP contribution in [0.15, 0.2) is 12.1 Å². The van der Waals surface area contributed by atoms with Crippen LogP contribution in [0.3, 0.4) is 0 Å². The molecule has 1 aromatic rings. The number of rotatable bonds is 4. The largest absolute Gasteiger partial charge is 0.444 e. The molecular formula is C14H19FN2O3. The van der Waals surface area contributed by atoms with Crippen molar-refractivity contribution in [3.05, 3.63) is 29.3 Å². The number of Topliss-reactive ketones (excluding diaryl/α,β-unsaturated/α-hetero) is 1. The Morgan fingerprint density at radius 3 is 2.55 bits per heavy atom. The predicted molar refractivity (Wildman–Crippen MR) is 72.1 cm³/mol. The van der Waals surface area contributed by atoms with Crippen molar-refractivity contribution in [2.24, 2.45) is 0 Å². The molecule has 0 atom stereocenters. The molecule has 0 aliphatic carbocycles. The number of nitrogens with zero attached hydrogens (tertiary/aromatic N) is 1. The smallest absolute Gasteiger partial charge is 0.407 e. The first kappa shape index (κ1) is 16.1. The Morgan fingerprint density at radius 1 is 1.35 bits per heavy atom. The first-order valence-corrected chi connectivity index (χ1v) is 6.31. The van der Waals surface area contributed by atoms with E-state index in [2.05, 4.69) is 10.3 Å². The van der Waals surface area contributed by atoms with Crippen LogP contribution in [0.25, 0.3) is 0 Å². The van der Waals surface area contributed by atoms with Gasteiger partial charge in [0.1, 0.15) is 17.1 Å². The van der Waals surface area contributed by atoms with Crippen molar-refractivity contribution in [2.45, 2.75) is 39.7 Å². The quantitative estimate of drug-likeness (QED) is 0.861. The fraction of sp³-hybridized carbons (Fsp3) is 0.500. The highest BCUT2D eigenvalue weighted by molar-refractivity contribution is 5.92. The lowest BCUT2D eigenvalue weighted by Gasteiger charge is -2.19. The minimum absolute atomic E-state index is 0.0808. The van der Waals surface area contributed by atoms with Crippen molar-refractivity contribution in [1.82, 2.24) is 10.3 Å². The van der Waals surface area contributed by atoms with E-state index in [1.54, 1.807) is 20.8 Å². The summed E-state index contributed by atoms with van der Waals surface area (Å²) in [7, 11) is 0. The maximum absolute atomic E-state index is 13.3. The number of carbonyl (C=O) groups excluding carboxylic acids is 2. The number of aromatic nitrogens is 1. The molecule has 0 spiro atoms. The van der Waals surface area contributed by atoms with Crippen molar-refractivity contribution < 1.29 is 18.7 Å². The molecular weight excluding hydrogens is 263 g/mol. The summed E-state index contributed by atoms with van der Waals surface area (Å²) >= 11 is 0. The van der Waals surface area contributed by atoms with Gasteiger partial charge in [0, 0.05) is 31.6 Å². The third-order valence-electron chi connectivity index (χ3n) is 2.25. The minimum Gasteiger partial charge on any atom is -0.444 e. The van der Waals surface area contributed by atoms with Crippen molar-refractivity contribution >= 4 is 11.9 Å². The topological polar surface area (TPSA) is 68.3 Å². The fourth-order valence-corrected chi connectivity index (χ4v) is 1.47. The first-order valence-electron chi connectivity index (χ1n) is 6.31. The fourth-order valence-electron chi connectivity index (χ4n) is 1.47. The van der Waals surface area contributed by atoms with Gasteiger partial charge in [0.2, 0.25) is 0 Å². The van der Waals surface area contributed by atoms with E-state index in [-0.39, 0.29) is 18.0 Å². The third kappa shape index (κ3) is 5.77. The predicted octanol–water partition coefficient (Wildman–Crippen LogP) is 2.49. The number of ketones is 1. The number of amides is 1. The Hall–Kier alpha value is -1.98. The highest BCUT2D eigenvalue weighted by Crippen LogP contribution is 2.07. The summed E-state index contributed by atoms with van der Waals surface area (Å²) in [6, 6.07) is 2.33. The van der Waals surface area contributed by atoms with Gasteiger partial charge in [-0.2, -0.15) is 0 Å². The van der Waals surface area contributed by atoms with Crippen LogP contribution in [0.4, 0.5) is 9.18 Å². The van der Waals surface area contributed by atoms with E-state index in [0.717, 1.165) is 6.07 Å². The summed E-state index contributed by atoms with van der Waals surface area (Å²) in [5, 5.41) is 2.55. The number of hydrogen-bond donors (Lipinski definition) is 1. The molecule has 0 bridgehead atoms. The normalized spacial score (nSPS) is 11.1. The van der Waals surface area contributed by atoms with Gasteiger partial charge < -0.3 is 10.1 Å². The zero-order valence-corrected chi connectivity index (χ0v) is 12.1. The van der Waals surface area contributed by atoms with E-state index < -0.39 is 17.5 Å². The molecule has 0 unspecified atom stereocenters. The highest BCUT2D eigenvalue weighted by Gasteiger charge is 2.15. The monoisotopic (exact) mass is 282 g/mol. The molecule has 0 saturated carbocycles. The zero-order valence-electron chi connectivity index (χ0n) is 12.1. The number of hydrogen-bond acceptors (Lipinski definition) is 4. The zero-order chi connectivity index (χ0) is 15.3. The Kier molecular flexibility index (Phi) is 5.19. The van der Waals surface area contributed by atoms with Crippen molar-refractivity contribution in [2.75, 3.05) is 6.54 Å².